The van der Waals surface area contributed by atoms with Crippen molar-refractivity contribution in [3.63, 3.8) is 0 Å². The first-order valence-corrected chi connectivity index (χ1v) is 4.76. The van der Waals surface area contributed by atoms with Crippen molar-refractivity contribution in [2.45, 2.75) is 6.54 Å². The Morgan fingerprint density at radius 2 is 1.92 bits per heavy atom. The molecule has 1 rings (SSSR count). The Morgan fingerprint density at radius 3 is 2.38 bits per heavy atom. The maximum Gasteiger partial charge on any atom is 0.150 e. The highest BCUT2D eigenvalue weighted by molar-refractivity contribution is 7.96. The van der Waals surface area contributed by atoms with Gasteiger partial charge in [-0.25, -0.2) is 0 Å². The zero-order valence-electron chi connectivity index (χ0n) is 6.64. The van der Waals surface area contributed by atoms with Crippen LogP contribution >= 0.6 is 35.8 Å². The predicted octanol–water partition coefficient (Wildman–Crippen LogP) is 2.95. The molecule has 2 N–H and O–H groups in total. The Kier molecular flexibility index (Phi) is 3.90. The molecule has 0 unspecified atom stereocenters. The molecule has 13 heavy (non-hydrogen) atoms. The molecule has 0 saturated carbocycles. The lowest BCUT2D eigenvalue weighted by molar-refractivity contribution is 0.923. The minimum atomic E-state index is 0.0935. The zero-order valence-corrected chi connectivity index (χ0v) is 9.05. The summed E-state index contributed by atoms with van der Waals surface area (Å²) in [5.74, 6) is 0. The minimum absolute atomic E-state index is 0.0935. The molecular weight excluding hydrogens is 227 g/mol. The van der Waals surface area contributed by atoms with E-state index in [4.69, 9.17) is 28.6 Å². The number of rotatable bonds is 2. The first-order chi connectivity index (χ1) is 6.11. The average molecular weight is 235 g/mol. The lowest BCUT2D eigenvalue weighted by Crippen LogP contribution is -2.16. The maximum atomic E-state index is 7.05. The molecule has 0 atom stereocenters. The predicted molar refractivity (Wildman–Crippen MR) is 60.0 cm³/mol. The van der Waals surface area contributed by atoms with E-state index < -0.39 is 0 Å². The summed E-state index contributed by atoms with van der Waals surface area (Å²) < 4.78 is 0. The van der Waals surface area contributed by atoms with Gasteiger partial charge in [0.1, 0.15) is 0 Å². The molecule has 1 aromatic rings. The van der Waals surface area contributed by atoms with Gasteiger partial charge in [-0.15, -0.1) is 12.6 Å². The summed E-state index contributed by atoms with van der Waals surface area (Å²) >= 11 is 15.6. The monoisotopic (exact) mass is 234 g/mol. The van der Waals surface area contributed by atoms with E-state index in [1.54, 1.807) is 18.2 Å². The SMILES string of the molecule is N=C(S)NCc1c(Cl)cccc1Cl. The van der Waals surface area contributed by atoms with Gasteiger partial charge in [0, 0.05) is 22.2 Å². The molecule has 0 amide bonds. The van der Waals surface area contributed by atoms with E-state index in [0.717, 1.165) is 5.56 Å². The summed E-state index contributed by atoms with van der Waals surface area (Å²) in [5.41, 5.74) is 0.782. The van der Waals surface area contributed by atoms with Crippen molar-refractivity contribution in [3.8, 4) is 0 Å². The number of hydrogen-bond donors (Lipinski definition) is 3. The third-order valence-electron chi connectivity index (χ3n) is 1.49. The topological polar surface area (TPSA) is 35.9 Å². The van der Waals surface area contributed by atoms with Crippen LogP contribution in [0.15, 0.2) is 18.2 Å². The molecule has 0 fully saturated rings. The van der Waals surface area contributed by atoms with Crippen molar-refractivity contribution in [3.05, 3.63) is 33.8 Å². The summed E-state index contributed by atoms with van der Waals surface area (Å²) in [6.07, 6.45) is 0. The Labute approximate surface area is 92.2 Å². The van der Waals surface area contributed by atoms with Crippen molar-refractivity contribution in [1.29, 1.82) is 5.41 Å². The molecule has 0 heterocycles. The highest BCUT2D eigenvalue weighted by atomic mass is 35.5. The second-order valence-electron chi connectivity index (χ2n) is 2.40. The quantitative estimate of drug-likeness (QED) is 0.411. The van der Waals surface area contributed by atoms with Crippen LogP contribution in [0, 0.1) is 5.41 Å². The van der Waals surface area contributed by atoms with Gasteiger partial charge < -0.3 is 5.32 Å². The molecule has 2 nitrogen and oxygen atoms in total. The molecule has 0 bridgehead atoms. The Hall–Kier alpha value is -0.380. The fraction of sp³-hybridized carbons (Fsp3) is 0.125. The van der Waals surface area contributed by atoms with Crippen molar-refractivity contribution in [2.24, 2.45) is 0 Å². The van der Waals surface area contributed by atoms with E-state index in [9.17, 15) is 0 Å². The van der Waals surface area contributed by atoms with Crippen LogP contribution in [0.3, 0.4) is 0 Å². The lowest BCUT2D eigenvalue weighted by Gasteiger charge is -2.07. The first kappa shape index (κ1) is 10.7. The molecule has 70 valence electrons. The van der Waals surface area contributed by atoms with Gasteiger partial charge in [0.25, 0.3) is 0 Å². The Balaban J connectivity index is 2.81. The minimum Gasteiger partial charge on any atom is -0.361 e. The van der Waals surface area contributed by atoms with E-state index >= 15 is 0 Å². The third-order valence-corrected chi connectivity index (χ3v) is 2.36. The van der Waals surface area contributed by atoms with E-state index in [-0.39, 0.29) is 5.17 Å². The normalized spacial score (nSPS) is 9.77. The van der Waals surface area contributed by atoms with Gasteiger partial charge in [0.2, 0.25) is 0 Å². The van der Waals surface area contributed by atoms with Gasteiger partial charge >= 0.3 is 0 Å². The van der Waals surface area contributed by atoms with Crippen LogP contribution in [0.4, 0.5) is 0 Å². The first-order valence-electron chi connectivity index (χ1n) is 3.55. The van der Waals surface area contributed by atoms with E-state index in [1.807, 2.05) is 0 Å². The molecule has 0 aliphatic carbocycles. The van der Waals surface area contributed by atoms with Crippen molar-refractivity contribution >= 4 is 41.0 Å². The Bertz CT molecular complexity index is 308. The fourth-order valence-corrected chi connectivity index (χ4v) is 1.48. The molecule has 0 aromatic heterocycles. The van der Waals surface area contributed by atoms with Crippen LogP contribution in [0.25, 0.3) is 0 Å². The van der Waals surface area contributed by atoms with Crippen molar-refractivity contribution in [1.82, 2.24) is 5.32 Å². The second-order valence-corrected chi connectivity index (χ2v) is 3.66. The molecular formula is C8H8Cl2N2S. The highest BCUT2D eigenvalue weighted by Crippen LogP contribution is 2.23. The number of thiol groups is 1. The third kappa shape index (κ3) is 3.10. The van der Waals surface area contributed by atoms with Gasteiger partial charge in [-0.3, -0.25) is 5.41 Å². The van der Waals surface area contributed by atoms with E-state index in [2.05, 4.69) is 17.9 Å². The molecule has 0 aliphatic heterocycles. The van der Waals surface area contributed by atoms with Gasteiger partial charge in [0.15, 0.2) is 5.17 Å². The van der Waals surface area contributed by atoms with Gasteiger partial charge in [0.05, 0.1) is 0 Å². The van der Waals surface area contributed by atoms with Crippen LogP contribution < -0.4 is 5.32 Å². The smallest absolute Gasteiger partial charge is 0.150 e. The molecule has 1 aromatic carbocycles. The van der Waals surface area contributed by atoms with E-state index in [1.165, 1.54) is 0 Å². The summed E-state index contributed by atoms with van der Waals surface area (Å²) in [6, 6.07) is 5.29. The standard InChI is InChI=1S/C8H8Cl2N2S/c9-6-2-1-3-7(10)5(6)4-12-8(11)13/h1-3H,4H2,(H3,11,12,13). The number of benzene rings is 1. The summed E-state index contributed by atoms with van der Waals surface area (Å²) in [5, 5.41) is 11.1. The maximum absolute atomic E-state index is 7.05. The fourth-order valence-electron chi connectivity index (χ4n) is 0.873. The van der Waals surface area contributed by atoms with Crippen LogP contribution in [-0.2, 0) is 6.54 Å². The summed E-state index contributed by atoms with van der Waals surface area (Å²) in [4.78, 5) is 0. The largest absolute Gasteiger partial charge is 0.361 e. The Morgan fingerprint density at radius 1 is 1.38 bits per heavy atom. The second kappa shape index (κ2) is 4.74. The van der Waals surface area contributed by atoms with Crippen LogP contribution in [-0.4, -0.2) is 5.17 Å². The summed E-state index contributed by atoms with van der Waals surface area (Å²) in [6.45, 7) is 0.418. The average Bonchev–Trinajstić information content (AvgIpc) is 2.03. The highest BCUT2D eigenvalue weighted by Gasteiger charge is 2.04. The molecule has 0 spiro atoms. The molecule has 0 saturated heterocycles. The van der Waals surface area contributed by atoms with E-state index in [0.29, 0.717) is 16.6 Å². The number of amidine groups is 1. The molecule has 0 radical (unpaired) electrons. The van der Waals surface area contributed by atoms with Crippen molar-refractivity contribution < 1.29 is 0 Å². The number of nitrogens with one attached hydrogen (secondary N) is 2. The zero-order chi connectivity index (χ0) is 9.84. The lowest BCUT2D eigenvalue weighted by atomic mass is 10.2. The number of halogens is 2. The van der Waals surface area contributed by atoms with Crippen LogP contribution in [0.2, 0.25) is 10.0 Å². The van der Waals surface area contributed by atoms with Crippen LogP contribution in [0.5, 0.6) is 0 Å². The van der Waals surface area contributed by atoms with Crippen molar-refractivity contribution in [2.75, 3.05) is 0 Å². The summed E-state index contributed by atoms with van der Waals surface area (Å²) in [7, 11) is 0. The number of hydrogen-bond acceptors (Lipinski definition) is 1. The van der Waals surface area contributed by atoms with Gasteiger partial charge in [-0.2, -0.15) is 0 Å². The van der Waals surface area contributed by atoms with Crippen LogP contribution in [0.1, 0.15) is 5.56 Å². The molecule has 0 aliphatic rings. The molecule has 5 heteroatoms. The van der Waals surface area contributed by atoms with Gasteiger partial charge in [-0.1, -0.05) is 29.3 Å². The van der Waals surface area contributed by atoms with Gasteiger partial charge in [-0.05, 0) is 12.1 Å².